The third-order valence-electron chi connectivity index (χ3n) is 23.3. The molecule has 17 heteroatoms. The molecule has 0 aliphatic carbocycles. The molecular formula is C122H122GeIr3N8O4Si-2. The molecule has 9 heterocycles. The summed E-state index contributed by atoms with van der Waals surface area (Å²) in [4.78, 5) is 43.1. The van der Waals surface area contributed by atoms with Gasteiger partial charge in [0.25, 0.3) is 5.65 Å². The van der Waals surface area contributed by atoms with Crippen LogP contribution in [0.15, 0.2) is 321 Å². The van der Waals surface area contributed by atoms with Crippen LogP contribution in [0.25, 0.3) is 138 Å². The molecule has 139 heavy (non-hydrogen) atoms. The Labute approximate surface area is 882 Å². The average molecular weight is 2450 g/mol. The van der Waals surface area contributed by atoms with E-state index in [4.69, 9.17) is 36.6 Å². The number of hydrogen-bond acceptors (Lipinski definition) is 9. The van der Waals surface area contributed by atoms with E-state index in [-0.39, 0.29) is 183 Å². The van der Waals surface area contributed by atoms with Gasteiger partial charge in [0.05, 0.1) is 48.5 Å². The molecule has 0 bridgehead atoms. The first-order valence-electron chi connectivity index (χ1n) is 52.2. The van der Waals surface area contributed by atoms with Crippen LogP contribution in [0, 0.1) is 72.7 Å². The largest absolute Gasteiger partial charge is 0 e. The SMILES string of the molecule is CC(=O)C=C(C)O.CC(=O)C=C(C)O.C[Si](C)(C)c1cc(-c2[c-]cccc2)ncc1-c1ccccc1.Cc1[c-]c(-c2ncc(C(C)C)c3ccc(C(C)C)cc23)cc(C)c1.Cc1cccnc1-c1[c-]cccc1.Cc1cnc2c3[c-]cccc3c3ccccc3c2n1.[2H]c1c([2H])c(C)c(-c2c([2H])n3c4c5c(c([2H])c([2H])c([2H])c5c5c([2H])c(C)c([2H])c([2H])c5[n+]24)C3)c(C([2H])([2H])[2H])c1[2H].[CH3][Ge]([CH3])([CH3])[c]1ccc2[n+](c1)Cc1ccccc1-2.[Ir].[Ir].[Ir]. The third kappa shape index (κ3) is 25.7. The first kappa shape index (κ1) is 89.3. The van der Waals surface area contributed by atoms with Crippen molar-refractivity contribution >= 4 is 113 Å². The predicted octanol–water partition coefficient (Wildman–Crippen LogP) is 28.3. The van der Waals surface area contributed by atoms with Crippen LogP contribution >= 0.6 is 0 Å². The van der Waals surface area contributed by atoms with Crippen LogP contribution in [-0.2, 0) is 83.0 Å². The van der Waals surface area contributed by atoms with Gasteiger partial charge < -0.3 is 30.1 Å². The van der Waals surface area contributed by atoms with E-state index in [1.165, 1.54) is 140 Å². The van der Waals surface area contributed by atoms with E-state index >= 15 is 0 Å². The molecule has 711 valence electrons. The van der Waals surface area contributed by atoms with Crippen molar-refractivity contribution in [2.24, 2.45) is 0 Å². The van der Waals surface area contributed by atoms with Gasteiger partial charge in [-0.25, -0.2) is 4.57 Å². The van der Waals surface area contributed by atoms with Crippen molar-refractivity contribution in [3.63, 3.8) is 0 Å². The number of fused-ring (bicyclic) bond motifs is 13. The van der Waals surface area contributed by atoms with E-state index in [1.807, 2.05) is 98.4 Å². The predicted molar refractivity (Wildman–Crippen MR) is 572 cm³/mol. The number of allylic oxidation sites excluding steroid dienone is 4. The Hall–Kier alpha value is -12.3. The van der Waals surface area contributed by atoms with E-state index in [1.54, 1.807) is 4.40 Å². The molecule has 0 amide bonds. The number of pyridine rings is 5. The molecule has 3 radical (unpaired) electrons. The summed E-state index contributed by atoms with van der Waals surface area (Å²) in [6.07, 6.45) is 12.2. The molecule has 0 unspecified atom stereocenters. The van der Waals surface area contributed by atoms with Crippen molar-refractivity contribution in [1.29, 1.82) is 0 Å². The maximum absolute atomic E-state index is 10.0. The molecule has 2 aliphatic heterocycles. The van der Waals surface area contributed by atoms with Gasteiger partial charge in [-0.2, -0.15) is 4.40 Å². The summed E-state index contributed by atoms with van der Waals surface area (Å²) in [7, 11) is -1.48. The second kappa shape index (κ2) is 47.6. The number of rotatable bonds is 11. The summed E-state index contributed by atoms with van der Waals surface area (Å²) in [5.74, 6) is 8.19. The molecular weight excluding hydrogens is 2320 g/mol. The number of hydrogen-bond donors (Lipinski definition) is 2. The Morgan fingerprint density at radius 1 is 0.540 bits per heavy atom. The maximum Gasteiger partial charge on any atom is 0 e. The number of carbonyl (C=O) groups is 2. The summed E-state index contributed by atoms with van der Waals surface area (Å²) in [6, 6.07) is 81.6. The van der Waals surface area contributed by atoms with Crippen LogP contribution in [0.5, 0.6) is 0 Å². The monoisotopic (exact) mass is 2460 g/mol. The minimum atomic E-state index is -2.91. The topological polar surface area (TPSA) is 152 Å². The van der Waals surface area contributed by atoms with Crippen LogP contribution in [0.4, 0.5) is 0 Å². The number of aliphatic hydroxyl groups is 2. The van der Waals surface area contributed by atoms with Crippen LogP contribution < -0.4 is 18.6 Å². The minimum Gasteiger partial charge on any atom is 0 e. The fourth-order valence-electron chi connectivity index (χ4n) is 16.9. The standard InChI is InChI=1S/C25H21N2.C23H26N.C20H20NSi.C17H11N2.C15H18GeN.C12H10N.2C5H8O2.3Ir/c1-15-10-11-21-20(12-15)19-9-5-8-18-13-26-14-22(27(21)25(26)24(18)19)23-16(2)6-4-7-17(23)3;1-14(2)18-7-8-20-21(12-18)23(24-13-22(20)15(3)4)19-10-16(5)9-17(6)11-19;1-22(2,3)20-14-19(17-12-8-5-9-13-17)21-15-18(20)16-10-6-4-7-11-16;1-11-10-18-16-14-8-4-2-6-12(14)13-7-3-5-9-15(13)17(16)19-11;1-16(2,3)13-8-9-15-14-7-5-4-6-12(14)10-17(15)11-13;1-10-6-5-9-13-12(10)11-7-3-2-4-8-11;2*1-4(6)3-5(2)7;;;/h4-12,14H,13H2,1-3H3;7-10,12-15H,1-6H3;4-12,14-15H,1-3H3;2-7,9-10H,1H3;4-9,11H,10H2,1-3H3;2-7,9H,1H3;2*3,6H,1-2H3;;;/q+1;3*-1;+1;-1;;;;;/i2D3,4D,5D,6D,7D,8D,9D,10D,11D,12D,14D;;;;;;;;;;. The molecule has 21 rings (SSSR count). The quantitative estimate of drug-likeness (QED) is 0.0322. The summed E-state index contributed by atoms with van der Waals surface area (Å²) < 4.78 is 118. The zero-order valence-corrected chi connectivity index (χ0v) is 92.3. The van der Waals surface area contributed by atoms with Crippen molar-refractivity contribution < 1.29 is 107 Å². The van der Waals surface area contributed by atoms with E-state index in [9.17, 15) is 11.0 Å². The van der Waals surface area contributed by atoms with E-state index in [0.29, 0.717) is 22.8 Å². The average Bonchev–Trinajstić information content (AvgIpc) is 1.54. The van der Waals surface area contributed by atoms with Gasteiger partial charge in [0.2, 0.25) is 0 Å². The van der Waals surface area contributed by atoms with Gasteiger partial charge in [-0.05, 0) is 159 Å². The molecule has 0 fully saturated rings. The number of ketones is 2. The smallest absolute Gasteiger partial charge is 0 e. The van der Waals surface area contributed by atoms with Crippen molar-refractivity contribution in [2.45, 2.75) is 166 Å². The minimum absolute atomic E-state index is 0. The van der Waals surface area contributed by atoms with E-state index in [0.717, 1.165) is 73.4 Å². The summed E-state index contributed by atoms with van der Waals surface area (Å²) in [6.45, 7) is 31.0. The molecule has 0 spiro atoms. The van der Waals surface area contributed by atoms with E-state index in [2.05, 4.69) is 275 Å². The molecule has 0 saturated heterocycles. The molecule has 2 N–H and O–H groups in total. The normalized spacial score (nSPS) is 13.0. The summed E-state index contributed by atoms with van der Waals surface area (Å²) in [5.41, 5.74) is 22.1. The zero-order chi connectivity index (χ0) is 108. The van der Waals surface area contributed by atoms with E-state index < -0.39 is 45.8 Å². The fraction of sp³-hybridized carbons (Fsp3) is 0.205. The maximum atomic E-state index is 10.0. The Bertz CT molecular complexity index is 8410. The number of nitrogens with zero attached hydrogens (tertiary/aromatic N) is 8. The Balaban J connectivity index is 0.000000173. The number of aromatic nitrogens is 8. The second-order valence-corrected chi connectivity index (χ2v) is 52.7. The van der Waals surface area contributed by atoms with Crippen molar-refractivity contribution in [1.82, 2.24) is 29.5 Å². The van der Waals surface area contributed by atoms with Crippen LogP contribution in [0.2, 0.25) is 36.9 Å². The van der Waals surface area contributed by atoms with Gasteiger partial charge in [-0.3, -0.25) is 14.6 Å². The van der Waals surface area contributed by atoms with Crippen molar-refractivity contribution in [3.05, 3.63) is 407 Å². The van der Waals surface area contributed by atoms with Crippen molar-refractivity contribution in [2.75, 3.05) is 0 Å². The van der Waals surface area contributed by atoms with Gasteiger partial charge >= 0.3 is 105 Å². The molecule has 19 aromatic rings. The van der Waals surface area contributed by atoms with Gasteiger partial charge in [0, 0.05) is 129 Å². The Morgan fingerprint density at radius 2 is 1.20 bits per heavy atom. The number of benzene rings is 12. The van der Waals surface area contributed by atoms with Crippen LogP contribution in [0.3, 0.4) is 0 Å². The third-order valence-corrected chi connectivity index (χ3v) is 29.6. The Morgan fingerprint density at radius 3 is 1.85 bits per heavy atom. The van der Waals surface area contributed by atoms with Crippen LogP contribution in [0.1, 0.15) is 146 Å². The van der Waals surface area contributed by atoms with Crippen molar-refractivity contribution in [3.8, 4) is 67.4 Å². The molecule has 0 saturated carbocycles. The molecule has 0 atom stereocenters. The Kier molecular flexibility index (Phi) is 30.6. The number of imidazole rings is 1. The first-order chi connectivity index (χ1) is 70.5. The molecule has 7 aromatic heterocycles. The number of aryl methyl sites for hydroxylation is 4. The number of carbonyl (C=O) groups excluding carboxylic acids is 2. The van der Waals surface area contributed by atoms with Gasteiger partial charge in [0.15, 0.2) is 17.3 Å². The number of aliphatic hydroxyl groups excluding tert-OH is 2. The zero-order valence-electron chi connectivity index (χ0n) is 95.0. The fourth-order valence-corrected chi connectivity index (χ4v) is 20.9. The summed E-state index contributed by atoms with van der Waals surface area (Å²) in [5, 5.41) is 25.9. The first-order valence-corrected chi connectivity index (χ1v) is 56.5. The molecule has 12 nitrogen and oxygen atoms in total. The van der Waals surface area contributed by atoms with Crippen LogP contribution in [-0.4, -0.2) is 72.6 Å². The van der Waals surface area contributed by atoms with Gasteiger partial charge in [0.1, 0.15) is 19.6 Å². The molecule has 12 aromatic carbocycles. The second-order valence-electron chi connectivity index (χ2n) is 37.0. The molecule has 2 aliphatic rings. The van der Waals surface area contributed by atoms with Gasteiger partial charge in [-0.1, -0.05) is 215 Å². The summed E-state index contributed by atoms with van der Waals surface area (Å²) >= 11 is -1.70. The van der Waals surface area contributed by atoms with Gasteiger partial charge in [-0.15, -0.1) is 136 Å².